The van der Waals surface area contributed by atoms with Crippen LogP contribution < -0.4 is 0 Å². The largest absolute Gasteiger partial charge is 0.216 e. The summed E-state index contributed by atoms with van der Waals surface area (Å²) < 4.78 is 12.0. The molecule has 0 aliphatic heterocycles. The van der Waals surface area contributed by atoms with Crippen molar-refractivity contribution in [1.29, 1.82) is 0 Å². The van der Waals surface area contributed by atoms with Crippen LogP contribution in [0.2, 0.25) is 0 Å². The molecular formula is C22H33F. The van der Waals surface area contributed by atoms with Gasteiger partial charge in [-0.15, -0.1) is 0 Å². The van der Waals surface area contributed by atoms with Gasteiger partial charge < -0.3 is 0 Å². The lowest BCUT2D eigenvalue weighted by molar-refractivity contribution is 0.311. The minimum Gasteiger partial charge on any atom is -0.216 e. The molecule has 1 aliphatic rings. The number of rotatable bonds is 9. The summed E-state index contributed by atoms with van der Waals surface area (Å²) in [4.78, 5) is 0. The van der Waals surface area contributed by atoms with Crippen molar-refractivity contribution in [2.75, 3.05) is 0 Å². The van der Waals surface area contributed by atoms with Crippen molar-refractivity contribution >= 4 is 0 Å². The SMILES string of the molecule is CCCCCCc1ccc(C2CCC(CC/C=C/F)CC2)cc1. The van der Waals surface area contributed by atoms with Gasteiger partial charge in [0.05, 0.1) is 6.33 Å². The van der Waals surface area contributed by atoms with Crippen molar-refractivity contribution < 1.29 is 4.39 Å². The molecule has 0 atom stereocenters. The van der Waals surface area contributed by atoms with E-state index >= 15 is 0 Å². The van der Waals surface area contributed by atoms with Crippen molar-refractivity contribution in [3.05, 3.63) is 47.8 Å². The van der Waals surface area contributed by atoms with Gasteiger partial charge in [0.15, 0.2) is 0 Å². The van der Waals surface area contributed by atoms with Crippen LogP contribution in [0.1, 0.15) is 88.2 Å². The van der Waals surface area contributed by atoms with Crippen LogP contribution >= 0.6 is 0 Å². The molecule has 1 saturated carbocycles. The Bertz CT molecular complexity index is 438. The monoisotopic (exact) mass is 316 g/mol. The highest BCUT2D eigenvalue weighted by Crippen LogP contribution is 2.37. The number of aryl methyl sites for hydroxylation is 1. The Labute approximate surface area is 142 Å². The van der Waals surface area contributed by atoms with Gasteiger partial charge in [0.2, 0.25) is 0 Å². The van der Waals surface area contributed by atoms with E-state index in [4.69, 9.17) is 0 Å². The van der Waals surface area contributed by atoms with Gasteiger partial charge in [-0.25, -0.2) is 4.39 Å². The standard InChI is InChI=1S/C22H33F/c1-2-3-4-5-8-19-10-14-21(15-11-19)22-16-12-20(13-17-22)9-6-7-18-23/h7,10-11,14-15,18,20,22H,2-6,8-9,12-13,16-17H2,1H3/b18-7+. The third-order valence-corrected chi connectivity index (χ3v) is 5.45. The second kappa shape index (κ2) is 10.6. The average molecular weight is 317 g/mol. The Balaban J connectivity index is 1.73. The van der Waals surface area contributed by atoms with E-state index in [1.165, 1.54) is 68.9 Å². The lowest BCUT2D eigenvalue weighted by Gasteiger charge is -2.28. The number of hydrogen-bond donors (Lipinski definition) is 0. The van der Waals surface area contributed by atoms with Crippen molar-refractivity contribution in [3.8, 4) is 0 Å². The van der Waals surface area contributed by atoms with Crippen LogP contribution in [0, 0.1) is 5.92 Å². The zero-order valence-corrected chi connectivity index (χ0v) is 14.8. The number of unbranched alkanes of at least 4 members (excludes halogenated alkanes) is 3. The fraction of sp³-hybridized carbons (Fsp3) is 0.636. The molecule has 0 saturated heterocycles. The van der Waals surface area contributed by atoms with Gasteiger partial charge in [-0.1, -0.05) is 56.5 Å². The van der Waals surface area contributed by atoms with Gasteiger partial charge in [0.1, 0.15) is 0 Å². The third-order valence-electron chi connectivity index (χ3n) is 5.45. The van der Waals surface area contributed by atoms with E-state index < -0.39 is 0 Å². The number of halogens is 1. The van der Waals surface area contributed by atoms with E-state index in [0.29, 0.717) is 6.33 Å². The summed E-state index contributed by atoms with van der Waals surface area (Å²) in [6.45, 7) is 2.27. The molecule has 0 nitrogen and oxygen atoms in total. The first-order chi connectivity index (χ1) is 11.3. The Kier molecular flexibility index (Phi) is 8.42. The maximum atomic E-state index is 12.0. The van der Waals surface area contributed by atoms with Gasteiger partial charge in [-0.05, 0) is 74.3 Å². The van der Waals surface area contributed by atoms with E-state index in [0.717, 1.165) is 24.7 Å². The summed E-state index contributed by atoms with van der Waals surface area (Å²) >= 11 is 0. The second-order valence-electron chi connectivity index (χ2n) is 7.21. The summed E-state index contributed by atoms with van der Waals surface area (Å²) in [5.41, 5.74) is 3.03. The van der Waals surface area contributed by atoms with Gasteiger partial charge in [0.25, 0.3) is 0 Å². The molecule has 128 valence electrons. The lowest BCUT2D eigenvalue weighted by atomic mass is 9.77. The lowest BCUT2D eigenvalue weighted by Crippen LogP contribution is -2.13. The third kappa shape index (κ3) is 6.49. The zero-order valence-electron chi connectivity index (χ0n) is 14.8. The molecule has 1 aromatic rings. The average Bonchev–Trinajstić information content (AvgIpc) is 2.60. The minimum atomic E-state index is 0.690. The molecule has 1 heteroatoms. The number of hydrogen-bond acceptors (Lipinski definition) is 0. The Morgan fingerprint density at radius 2 is 1.74 bits per heavy atom. The van der Waals surface area contributed by atoms with Gasteiger partial charge >= 0.3 is 0 Å². The van der Waals surface area contributed by atoms with Crippen LogP contribution in [-0.2, 0) is 6.42 Å². The number of allylic oxidation sites excluding steroid dienone is 1. The first-order valence-electron chi connectivity index (χ1n) is 9.67. The van der Waals surface area contributed by atoms with Crippen LogP contribution in [0.25, 0.3) is 0 Å². The van der Waals surface area contributed by atoms with Crippen molar-refractivity contribution in [2.24, 2.45) is 5.92 Å². The number of benzene rings is 1. The first-order valence-corrected chi connectivity index (χ1v) is 9.67. The molecule has 1 aromatic carbocycles. The van der Waals surface area contributed by atoms with Crippen LogP contribution in [0.4, 0.5) is 4.39 Å². The highest BCUT2D eigenvalue weighted by molar-refractivity contribution is 5.26. The molecule has 23 heavy (non-hydrogen) atoms. The molecule has 0 spiro atoms. The molecule has 0 radical (unpaired) electrons. The Hall–Kier alpha value is -1.11. The van der Waals surface area contributed by atoms with Crippen molar-refractivity contribution in [1.82, 2.24) is 0 Å². The van der Waals surface area contributed by atoms with Crippen molar-refractivity contribution in [3.63, 3.8) is 0 Å². The van der Waals surface area contributed by atoms with E-state index in [-0.39, 0.29) is 0 Å². The topological polar surface area (TPSA) is 0 Å². The van der Waals surface area contributed by atoms with Gasteiger partial charge in [-0.2, -0.15) is 0 Å². The van der Waals surface area contributed by atoms with E-state index in [2.05, 4.69) is 31.2 Å². The van der Waals surface area contributed by atoms with Crippen molar-refractivity contribution in [2.45, 2.75) is 83.5 Å². The van der Waals surface area contributed by atoms with E-state index in [1.807, 2.05) is 0 Å². The first kappa shape index (κ1) is 18.2. The normalized spacial score (nSPS) is 21.8. The minimum absolute atomic E-state index is 0.690. The molecule has 0 N–H and O–H groups in total. The predicted molar refractivity (Wildman–Crippen MR) is 98.5 cm³/mol. The smallest absolute Gasteiger partial charge is 0.0827 e. The molecule has 0 heterocycles. The van der Waals surface area contributed by atoms with Gasteiger partial charge in [0, 0.05) is 0 Å². The molecule has 0 unspecified atom stereocenters. The highest BCUT2D eigenvalue weighted by atomic mass is 19.1. The Morgan fingerprint density at radius 1 is 1.00 bits per heavy atom. The zero-order chi connectivity index (χ0) is 16.3. The maximum absolute atomic E-state index is 12.0. The van der Waals surface area contributed by atoms with Gasteiger partial charge in [-0.3, -0.25) is 0 Å². The quantitative estimate of drug-likeness (QED) is 0.418. The fourth-order valence-electron chi connectivity index (χ4n) is 3.89. The molecule has 1 fully saturated rings. The summed E-state index contributed by atoms with van der Waals surface area (Å²) in [6.07, 6.45) is 16.2. The summed E-state index contributed by atoms with van der Waals surface area (Å²) in [6, 6.07) is 9.43. The van der Waals surface area contributed by atoms with Crippen LogP contribution in [0.3, 0.4) is 0 Å². The summed E-state index contributed by atoms with van der Waals surface area (Å²) in [5, 5.41) is 0. The fourth-order valence-corrected chi connectivity index (χ4v) is 3.89. The highest BCUT2D eigenvalue weighted by Gasteiger charge is 2.21. The second-order valence-corrected chi connectivity index (χ2v) is 7.21. The molecule has 1 aliphatic carbocycles. The molecular weight excluding hydrogens is 283 g/mol. The van der Waals surface area contributed by atoms with E-state index in [1.54, 1.807) is 6.08 Å². The van der Waals surface area contributed by atoms with Crippen LogP contribution in [-0.4, -0.2) is 0 Å². The molecule has 2 rings (SSSR count). The maximum Gasteiger partial charge on any atom is 0.0827 e. The van der Waals surface area contributed by atoms with Crippen LogP contribution in [0.15, 0.2) is 36.7 Å². The Morgan fingerprint density at radius 3 is 2.39 bits per heavy atom. The summed E-state index contributed by atoms with van der Waals surface area (Å²) in [7, 11) is 0. The summed E-state index contributed by atoms with van der Waals surface area (Å²) in [5.74, 6) is 1.55. The molecule has 0 aromatic heterocycles. The molecule has 0 bridgehead atoms. The van der Waals surface area contributed by atoms with Crippen LogP contribution in [0.5, 0.6) is 0 Å². The molecule has 0 amide bonds. The van der Waals surface area contributed by atoms with E-state index in [9.17, 15) is 4.39 Å². The predicted octanol–water partition coefficient (Wildman–Crippen LogP) is 7.35.